The molecule has 278 valence electrons. The summed E-state index contributed by atoms with van der Waals surface area (Å²) >= 11 is 0. The molecule has 0 radical (unpaired) electrons. The van der Waals surface area contributed by atoms with Crippen molar-refractivity contribution in [2.75, 3.05) is 0 Å². The van der Waals surface area contributed by atoms with Crippen LogP contribution in [-0.4, -0.2) is 9.13 Å². The van der Waals surface area contributed by atoms with Gasteiger partial charge in [0.05, 0.1) is 79.5 Å². The Kier molecular flexibility index (Phi) is 8.13. The van der Waals surface area contributed by atoms with E-state index >= 15 is 0 Å². The molecule has 2 heterocycles. The molecule has 0 bridgehead atoms. The Morgan fingerprint density at radius 2 is 0.914 bits per heavy atom. The number of hydrogen-bond acceptors (Lipinski definition) is 3. The van der Waals surface area contributed by atoms with E-state index in [9.17, 15) is 42.1 Å². The molecule has 5 nitrogen and oxygen atoms in total. The number of halogens is 6. The van der Waals surface area contributed by atoms with Crippen molar-refractivity contribution in [2.45, 2.75) is 12.4 Å². The minimum atomic E-state index is -5.15. The number of alkyl halides is 6. The molecule has 0 aliphatic rings. The van der Waals surface area contributed by atoms with Crippen LogP contribution in [0.2, 0.25) is 0 Å². The first-order valence-electron chi connectivity index (χ1n) is 17.8. The largest absolute Gasteiger partial charge is 0.417 e. The number of benzene rings is 7. The van der Waals surface area contributed by atoms with Crippen molar-refractivity contribution in [3.05, 3.63) is 167 Å². The minimum absolute atomic E-state index is 0.100. The summed E-state index contributed by atoms with van der Waals surface area (Å²) < 4.78 is 91.9. The van der Waals surface area contributed by atoms with Crippen molar-refractivity contribution in [2.24, 2.45) is 0 Å². The van der Waals surface area contributed by atoms with Gasteiger partial charge in [0.15, 0.2) is 0 Å². The second-order valence-electron chi connectivity index (χ2n) is 13.7. The summed E-state index contributed by atoms with van der Waals surface area (Å²) in [7, 11) is 0. The van der Waals surface area contributed by atoms with Crippen molar-refractivity contribution in [3.8, 4) is 51.8 Å². The number of nitriles is 3. The topological polar surface area (TPSA) is 81.2 Å². The Labute approximate surface area is 325 Å². The maximum Gasteiger partial charge on any atom is 0.417 e. The summed E-state index contributed by atoms with van der Waals surface area (Å²) in [5.74, 6) is 0. The average Bonchev–Trinajstić information content (AvgIpc) is 3.74. The van der Waals surface area contributed by atoms with Crippen molar-refractivity contribution >= 4 is 43.6 Å². The van der Waals surface area contributed by atoms with Crippen LogP contribution in [0.15, 0.2) is 140 Å². The van der Waals surface area contributed by atoms with Crippen LogP contribution < -0.4 is 0 Å². The van der Waals surface area contributed by atoms with Gasteiger partial charge in [-0.3, -0.25) is 0 Å². The number of aromatic nitrogens is 2. The lowest BCUT2D eigenvalue weighted by Crippen LogP contribution is -2.14. The monoisotopic (exact) mass is 771 g/mol. The number of para-hydroxylation sites is 2. The predicted molar refractivity (Wildman–Crippen MR) is 210 cm³/mol. The second kappa shape index (κ2) is 13.2. The summed E-state index contributed by atoms with van der Waals surface area (Å²) in [5.41, 5.74) is 0.316. The van der Waals surface area contributed by atoms with E-state index in [1.54, 1.807) is 60.7 Å². The third kappa shape index (κ3) is 5.54. The Hall–Kier alpha value is -7.81. The van der Waals surface area contributed by atoms with E-state index in [0.29, 0.717) is 62.1 Å². The first kappa shape index (κ1) is 35.9. The fourth-order valence-electron chi connectivity index (χ4n) is 8.13. The van der Waals surface area contributed by atoms with E-state index in [2.05, 4.69) is 18.2 Å². The number of fused-ring (bicyclic) bond motifs is 6. The molecule has 9 aromatic rings. The van der Waals surface area contributed by atoms with Gasteiger partial charge in [-0.05, 0) is 90.5 Å². The van der Waals surface area contributed by atoms with Crippen LogP contribution in [0.3, 0.4) is 0 Å². The van der Waals surface area contributed by atoms with Gasteiger partial charge in [0, 0.05) is 38.2 Å². The highest BCUT2D eigenvalue weighted by molar-refractivity contribution is 6.12. The molecule has 0 saturated heterocycles. The Balaban J connectivity index is 1.47. The van der Waals surface area contributed by atoms with E-state index in [1.165, 1.54) is 18.2 Å². The first-order chi connectivity index (χ1) is 27.9. The fraction of sp³-hybridized carbons (Fsp3) is 0.0426. The van der Waals surface area contributed by atoms with Gasteiger partial charge in [-0.2, -0.15) is 42.1 Å². The predicted octanol–water partition coefficient (Wildman–Crippen LogP) is 12.9. The SMILES string of the molecule is N#Cc1ccc2c(c1)c1ccccc1n2-c1ccc(-c2c(C(F)(F)F)cccc2C(F)(F)F)cc1-c1c(C#N)cccc1-n1c2ccccc2c2cc(C#N)ccc21. The Morgan fingerprint density at radius 1 is 0.414 bits per heavy atom. The number of nitrogens with zero attached hydrogens (tertiary/aromatic N) is 5. The Morgan fingerprint density at radius 3 is 1.43 bits per heavy atom. The summed E-state index contributed by atoms with van der Waals surface area (Å²) in [6, 6.07) is 42.5. The molecule has 2 aromatic heterocycles. The molecule has 0 spiro atoms. The molecule has 0 atom stereocenters. The van der Waals surface area contributed by atoms with E-state index in [-0.39, 0.29) is 22.3 Å². The molecule has 11 heteroatoms. The van der Waals surface area contributed by atoms with Crippen LogP contribution in [0.1, 0.15) is 27.8 Å². The summed E-state index contributed by atoms with van der Waals surface area (Å²) in [4.78, 5) is 0. The fourth-order valence-corrected chi connectivity index (χ4v) is 8.13. The van der Waals surface area contributed by atoms with Crippen LogP contribution in [0.4, 0.5) is 26.3 Å². The number of rotatable bonds is 4. The quantitative estimate of drug-likeness (QED) is 0.167. The highest BCUT2D eigenvalue weighted by Crippen LogP contribution is 2.48. The highest BCUT2D eigenvalue weighted by atomic mass is 19.4. The third-order valence-electron chi connectivity index (χ3n) is 10.5. The van der Waals surface area contributed by atoms with E-state index in [0.717, 1.165) is 22.2 Å². The first-order valence-corrected chi connectivity index (χ1v) is 17.8. The van der Waals surface area contributed by atoms with E-state index in [1.807, 2.05) is 51.6 Å². The average molecular weight is 772 g/mol. The lowest BCUT2D eigenvalue weighted by molar-refractivity contribution is -0.142. The van der Waals surface area contributed by atoms with Crippen LogP contribution in [0.5, 0.6) is 0 Å². The van der Waals surface area contributed by atoms with Crippen LogP contribution >= 0.6 is 0 Å². The molecule has 0 saturated carbocycles. The Bertz CT molecular complexity index is 3280. The van der Waals surface area contributed by atoms with Crippen molar-refractivity contribution in [1.82, 2.24) is 9.13 Å². The summed E-state index contributed by atoms with van der Waals surface area (Å²) in [6.07, 6.45) is -10.3. The van der Waals surface area contributed by atoms with E-state index < -0.39 is 29.0 Å². The van der Waals surface area contributed by atoms with Crippen molar-refractivity contribution in [1.29, 1.82) is 15.8 Å². The molecular formula is C47H23F6N5. The molecular weight excluding hydrogens is 749 g/mol. The van der Waals surface area contributed by atoms with Gasteiger partial charge >= 0.3 is 12.4 Å². The minimum Gasteiger partial charge on any atom is -0.309 e. The lowest BCUT2D eigenvalue weighted by Gasteiger charge is -2.23. The smallest absolute Gasteiger partial charge is 0.309 e. The van der Waals surface area contributed by atoms with E-state index in [4.69, 9.17) is 0 Å². The standard InChI is InChI=1S/C47H23F6N5/c48-46(49,50)36-10-6-11-37(47(51,52)53)45(36)29-17-20-42(57-38-12-3-1-8-31(38)33-21-27(24-54)15-18-40(33)57)35(23-29)44-30(26-56)7-5-14-43(44)58-39-13-4-2-9-32(39)34-22-28(25-55)16-19-41(34)58/h1-23H. The molecule has 7 aromatic carbocycles. The van der Waals surface area contributed by atoms with Gasteiger partial charge in [-0.15, -0.1) is 0 Å². The second-order valence-corrected chi connectivity index (χ2v) is 13.7. The molecule has 0 amide bonds. The van der Waals surface area contributed by atoms with Crippen LogP contribution in [0, 0.1) is 34.0 Å². The third-order valence-corrected chi connectivity index (χ3v) is 10.5. The zero-order valence-electron chi connectivity index (χ0n) is 29.8. The normalized spacial score (nSPS) is 11.9. The number of hydrogen-bond donors (Lipinski definition) is 0. The summed E-state index contributed by atoms with van der Waals surface area (Å²) in [5, 5.41) is 33.3. The van der Waals surface area contributed by atoms with Gasteiger partial charge in [0.25, 0.3) is 0 Å². The van der Waals surface area contributed by atoms with Gasteiger partial charge in [-0.1, -0.05) is 54.6 Å². The van der Waals surface area contributed by atoms with Gasteiger partial charge in [-0.25, -0.2) is 0 Å². The highest BCUT2D eigenvalue weighted by Gasteiger charge is 2.41. The van der Waals surface area contributed by atoms with Gasteiger partial charge < -0.3 is 9.13 Å². The van der Waals surface area contributed by atoms with Gasteiger partial charge in [0.2, 0.25) is 0 Å². The maximum atomic E-state index is 14.7. The zero-order chi connectivity index (χ0) is 40.5. The van der Waals surface area contributed by atoms with Crippen molar-refractivity contribution < 1.29 is 26.3 Å². The summed E-state index contributed by atoms with van der Waals surface area (Å²) in [6.45, 7) is 0. The molecule has 58 heavy (non-hydrogen) atoms. The lowest BCUT2D eigenvalue weighted by atomic mass is 9.89. The molecule has 0 fully saturated rings. The van der Waals surface area contributed by atoms with Gasteiger partial charge in [0.1, 0.15) is 0 Å². The molecule has 0 N–H and O–H groups in total. The molecule has 9 rings (SSSR count). The van der Waals surface area contributed by atoms with Crippen molar-refractivity contribution in [3.63, 3.8) is 0 Å². The molecule has 0 aliphatic carbocycles. The maximum absolute atomic E-state index is 14.7. The molecule has 0 aliphatic heterocycles. The van der Waals surface area contributed by atoms with Crippen LogP contribution in [-0.2, 0) is 12.4 Å². The zero-order valence-corrected chi connectivity index (χ0v) is 29.8. The van der Waals surface area contributed by atoms with Crippen LogP contribution in [0.25, 0.3) is 77.2 Å². The molecule has 0 unspecified atom stereocenters.